The number of pyridine rings is 1. The maximum absolute atomic E-state index is 12.6. The predicted molar refractivity (Wildman–Crippen MR) is 98.0 cm³/mol. The molecule has 0 atom stereocenters. The van der Waals surface area contributed by atoms with E-state index in [-0.39, 0.29) is 5.91 Å². The van der Waals surface area contributed by atoms with Gasteiger partial charge in [0, 0.05) is 40.5 Å². The molecule has 0 spiro atoms. The topological polar surface area (TPSA) is 69.0 Å². The van der Waals surface area contributed by atoms with Gasteiger partial charge in [0.25, 0.3) is 0 Å². The summed E-state index contributed by atoms with van der Waals surface area (Å²) in [6.07, 6.45) is 1.98. The van der Waals surface area contributed by atoms with Gasteiger partial charge in [0.2, 0.25) is 11.8 Å². The Labute approximate surface area is 146 Å². The lowest BCUT2D eigenvalue weighted by Gasteiger charge is -2.10. The molecule has 0 bridgehead atoms. The summed E-state index contributed by atoms with van der Waals surface area (Å²) >= 11 is 0. The second-order valence-electron chi connectivity index (χ2n) is 5.91. The number of hydrogen-bond donors (Lipinski definition) is 1. The van der Waals surface area contributed by atoms with Crippen molar-refractivity contribution >= 4 is 22.4 Å². The van der Waals surface area contributed by atoms with E-state index < -0.39 is 0 Å². The highest BCUT2D eigenvalue weighted by Gasteiger charge is 2.15. The second-order valence-corrected chi connectivity index (χ2v) is 5.91. The number of carbonyl (C=O) groups is 1. The van der Waals surface area contributed by atoms with Crippen molar-refractivity contribution in [3.8, 4) is 5.88 Å². The largest absolute Gasteiger partial charge is 0.481 e. The van der Waals surface area contributed by atoms with Gasteiger partial charge in [-0.1, -0.05) is 6.07 Å². The predicted octanol–water partition coefficient (Wildman–Crippen LogP) is 3.26. The standard InChI is InChI=1S/C19H22N4O2/c1-5-23-13(3)16(12(2)22-23)11-18(24)21-17-8-6-7-15-14(17)9-10-20-19(15)25-4/h6-10H,5,11H2,1-4H3,(H,21,24). The van der Waals surface area contributed by atoms with Crippen LogP contribution in [0.1, 0.15) is 23.9 Å². The normalized spacial score (nSPS) is 10.9. The van der Waals surface area contributed by atoms with Crippen LogP contribution in [0.25, 0.3) is 10.8 Å². The Bertz CT molecular complexity index is 931. The molecule has 1 N–H and O–H groups in total. The first kappa shape index (κ1) is 17.0. The van der Waals surface area contributed by atoms with E-state index in [1.54, 1.807) is 13.3 Å². The number of aromatic nitrogens is 3. The fraction of sp³-hybridized carbons (Fsp3) is 0.316. The van der Waals surface area contributed by atoms with E-state index >= 15 is 0 Å². The van der Waals surface area contributed by atoms with E-state index in [2.05, 4.69) is 15.4 Å². The number of nitrogens with zero attached hydrogens (tertiary/aromatic N) is 3. The first-order valence-electron chi connectivity index (χ1n) is 8.29. The molecular weight excluding hydrogens is 316 g/mol. The summed E-state index contributed by atoms with van der Waals surface area (Å²) in [6, 6.07) is 7.57. The van der Waals surface area contributed by atoms with E-state index in [0.717, 1.165) is 40.0 Å². The zero-order valence-electron chi connectivity index (χ0n) is 15.0. The molecular formula is C19H22N4O2. The smallest absolute Gasteiger partial charge is 0.228 e. The Balaban J connectivity index is 1.87. The van der Waals surface area contributed by atoms with Crippen molar-refractivity contribution < 1.29 is 9.53 Å². The molecule has 0 aliphatic heterocycles. The lowest BCUT2D eigenvalue weighted by atomic mass is 10.1. The Kier molecular flexibility index (Phi) is 4.70. The first-order valence-corrected chi connectivity index (χ1v) is 8.29. The van der Waals surface area contributed by atoms with Gasteiger partial charge < -0.3 is 10.1 Å². The quantitative estimate of drug-likeness (QED) is 0.775. The Morgan fingerprint density at radius 1 is 1.24 bits per heavy atom. The molecule has 3 rings (SSSR count). The third kappa shape index (κ3) is 3.20. The van der Waals surface area contributed by atoms with Gasteiger partial charge in [0.1, 0.15) is 0 Å². The fourth-order valence-electron chi connectivity index (χ4n) is 3.10. The van der Waals surface area contributed by atoms with Gasteiger partial charge in [-0.05, 0) is 39.0 Å². The van der Waals surface area contributed by atoms with E-state index in [9.17, 15) is 4.79 Å². The molecule has 0 radical (unpaired) electrons. The van der Waals surface area contributed by atoms with Crippen molar-refractivity contribution in [2.45, 2.75) is 33.7 Å². The Morgan fingerprint density at radius 3 is 2.72 bits per heavy atom. The van der Waals surface area contributed by atoms with Crippen molar-refractivity contribution in [2.75, 3.05) is 12.4 Å². The molecule has 0 aliphatic carbocycles. The van der Waals surface area contributed by atoms with E-state index in [1.165, 1.54) is 0 Å². The average Bonchev–Trinajstić information content (AvgIpc) is 2.89. The number of aryl methyl sites for hydroxylation is 2. The van der Waals surface area contributed by atoms with Gasteiger partial charge in [-0.15, -0.1) is 0 Å². The number of hydrogen-bond acceptors (Lipinski definition) is 4. The van der Waals surface area contributed by atoms with Gasteiger partial charge in [0.15, 0.2) is 0 Å². The van der Waals surface area contributed by atoms with Gasteiger partial charge in [-0.3, -0.25) is 9.48 Å². The van der Waals surface area contributed by atoms with Gasteiger partial charge in [-0.2, -0.15) is 5.10 Å². The molecule has 3 aromatic rings. The SMILES string of the molecule is CCn1nc(C)c(CC(=O)Nc2cccc3c(OC)nccc23)c1C. The first-order chi connectivity index (χ1) is 12.0. The van der Waals surface area contributed by atoms with Crippen LogP contribution in [0.5, 0.6) is 5.88 Å². The van der Waals surface area contributed by atoms with Crippen LogP contribution in [0, 0.1) is 13.8 Å². The van der Waals surface area contributed by atoms with E-state index in [4.69, 9.17) is 4.74 Å². The minimum Gasteiger partial charge on any atom is -0.481 e. The molecule has 0 fully saturated rings. The zero-order chi connectivity index (χ0) is 18.0. The number of ether oxygens (including phenoxy) is 1. The van der Waals surface area contributed by atoms with Crippen LogP contribution in [0.2, 0.25) is 0 Å². The van der Waals surface area contributed by atoms with Crippen LogP contribution in [0.3, 0.4) is 0 Å². The summed E-state index contributed by atoms with van der Waals surface area (Å²) in [4.78, 5) is 16.8. The van der Waals surface area contributed by atoms with Crippen molar-refractivity contribution in [2.24, 2.45) is 0 Å². The molecule has 0 saturated carbocycles. The highest BCUT2D eigenvalue weighted by Crippen LogP contribution is 2.29. The highest BCUT2D eigenvalue weighted by molar-refractivity contribution is 6.04. The van der Waals surface area contributed by atoms with Crippen LogP contribution in [-0.4, -0.2) is 27.8 Å². The van der Waals surface area contributed by atoms with Crippen LogP contribution >= 0.6 is 0 Å². The van der Waals surface area contributed by atoms with Gasteiger partial charge >= 0.3 is 0 Å². The molecule has 6 heteroatoms. The summed E-state index contributed by atoms with van der Waals surface area (Å²) in [7, 11) is 1.59. The van der Waals surface area contributed by atoms with Crippen LogP contribution < -0.4 is 10.1 Å². The zero-order valence-corrected chi connectivity index (χ0v) is 15.0. The maximum Gasteiger partial charge on any atom is 0.228 e. The minimum absolute atomic E-state index is 0.0647. The number of methoxy groups -OCH3 is 1. The summed E-state index contributed by atoms with van der Waals surface area (Å²) in [6.45, 7) is 6.78. The van der Waals surface area contributed by atoms with Gasteiger partial charge in [-0.25, -0.2) is 4.98 Å². The molecule has 1 aromatic carbocycles. The highest BCUT2D eigenvalue weighted by atomic mass is 16.5. The number of carbonyl (C=O) groups excluding carboxylic acids is 1. The number of fused-ring (bicyclic) bond motifs is 1. The number of anilines is 1. The number of amides is 1. The summed E-state index contributed by atoms with van der Waals surface area (Å²) in [5.74, 6) is 0.481. The lowest BCUT2D eigenvalue weighted by molar-refractivity contribution is -0.115. The molecule has 25 heavy (non-hydrogen) atoms. The van der Waals surface area contributed by atoms with Crippen LogP contribution in [0.15, 0.2) is 30.5 Å². The third-order valence-corrected chi connectivity index (χ3v) is 4.41. The van der Waals surface area contributed by atoms with Gasteiger partial charge in [0.05, 0.1) is 19.2 Å². The molecule has 0 saturated heterocycles. The lowest BCUT2D eigenvalue weighted by Crippen LogP contribution is -2.15. The van der Waals surface area contributed by atoms with Crippen molar-refractivity contribution in [3.05, 3.63) is 47.4 Å². The Hall–Kier alpha value is -2.89. The summed E-state index contributed by atoms with van der Waals surface area (Å²) in [5, 5.41) is 9.25. The number of nitrogens with one attached hydrogen (secondary N) is 1. The van der Waals surface area contributed by atoms with Crippen LogP contribution in [-0.2, 0) is 17.8 Å². The second kappa shape index (κ2) is 6.93. The molecule has 0 aliphatic rings. The third-order valence-electron chi connectivity index (χ3n) is 4.41. The minimum atomic E-state index is -0.0647. The molecule has 6 nitrogen and oxygen atoms in total. The number of rotatable bonds is 5. The van der Waals surface area contributed by atoms with Crippen molar-refractivity contribution in [1.29, 1.82) is 0 Å². The molecule has 2 aromatic heterocycles. The molecule has 130 valence electrons. The Morgan fingerprint density at radius 2 is 2.04 bits per heavy atom. The fourth-order valence-corrected chi connectivity index (χ4v) is 3.10. The summed E-state index contributed by atoms with van der Waals surface area (Å²) < 4.78 is 7.22. The van der Waals surface area contributed by atoms with Crippen molar-refractivity contribution in [1.82, 2.24) is 14.8 Å². The monoisotopic (exact) mass is 338 g/mol. The number of benzene rings is 1. The van der Waals surface area contributed by atoms with E-state index in [0.29, 0.717) is 12.3 Å². The molecule has 1 amide bonds. The molecule has 2 heterocycles. The average molecular weight is 338 g/mol. The summed E-state index contributed by atoms with van der Waals surface area (Å²) in [5.41, 5.74) is 3.68. The maximum atomic E-state index is 12.6. The molecule has 0 unspecified atom stereocenters. The van der Waals surface area contributed by atoms with Crippen LogP contribution in [0.4, 0.5) is 5.69 Å². The van der Waals surface area contributed by atoms with E-state index in [1.807, 2.05) is 49.7 Å². The van der Waals surface area contributed by atoms with Crippen molar-refractivity contribution in [3.63, 3.8) is 0 Å².